The molecule has 0 radical (unpaired) electrons. The molecule has 1 aliphatic carbocycles. The minimum atomic E-state index is -3.56. The van der Waals surface area contributed by atoms with Crippen LogP contribution in [0.4, 0.5) is 0 Å². The number of aromatic hydroxyl groups is 1. The van der Waals surface area contributed by atoms with Gasteiger partial charge in [0.15, 0.2) is 5.85 Å². The third kappa shape index (κ3) is 7.72. The summed E-state index contributed by atoms with van der Waals surface area (Å²) in [7, 11) is -3.56. The van der Waals surface area contributed by atoms with Crippen LogP contribution in [0.5, 0.6) is 17.2 Å². The van der Waals surface area contributed by atoms with Gasteiger partial charge in [-0.15, -0.1) is 0 Å². The van der Waals surface area contributed by atoms with Crippen molar-refractivity contribution in [1.82, 2.24) is 5.32 Å². The van der Waals surface area contributed by atoms with Crippen molar-refractivity contribution < 1.29 is 34.3 Å². The molecule has 0 aromatic heterocycles. The van der Waals surface area contributed by atoms with E-state index >= 15 is 0 Å². The standard InChI is InChI=1S/C25H36NO7P/c27-17-19-15-22(11-12-24(19)29)32-18-20(28)16-26-14-13-25(33-21-7-3-1-4-8-21)34(30,31)23-9-5-2-6-10-23/h1,3-4,7-8,11-12,15,20,23,25-29H,2,5-6,9-10,13-14,16-18H2,(H,30,31)/t20?,25-/m0/s1. The van der Waals surface area contributed by atoms with Crippen LogP contribution in [0, 0.1) is 0 Å². The van der Waals surface area contributed by atoms with E-state index < -0.39 is 19.3 Å². The van der Waals surface area contributed by atoms with Crippen LogP contribution in [0.25, 0.3) is 0 Å². The van der Waals surface area contributed by atoms with Crippen molar-refractivity contribution in [1.29, 1.82) is 0 Å². The number of hydrogen-bond acceptors (Lipinski definition) is 7. The summed E-state index contributed by atoms with van der Waals surface area (Å²) in [5.41, 5.74) is 0.115. The number of aliphatic hydroxyl groups is 2. The molecule has 0 heterocycles. The van der Waals surface area contributed by atoms with E-state index in [0.29, 0.717) is 30.0 Å². The topological polar surface area (TPSA) is 128 Å². The van der Waals surface area contributed by atoms with E-state index in [0.717, 1.165) is 32.1 Å². The van der Waals surface area contributed by atoms with Crippen molar-refractivity contribution in [3.63, 3.8) is 0 Å². The van der Waals surface area contributed by atoms with Crippen molar-refractivity contribution in [3.8, 4) is 17.2 Å². The van der Waals surface area contributed by atoms with Crippen LogP contribution in [-0.4, -0.2) is 57.5 Å². The maximum Gasteiger partial charge on any atom is 0.242 e. The molecule has 0 aliphatic heterocycles. The number of ether oxygens (including phenoxy) is 2. The predicted molar refractivity (Wildman–Crippen MR) is 131 cm³/mol. The Morgan fingerprint density at radius 2 is 1.79 bits per heavy atom. The van der Waals surface area contributed by atoms with Gasteiger partial charge in [0.2, 0.25) is 7.37 Å². The third-order valence-corrected chi connectivity index (χ3v) is 8.89. The molecule has 1 aliphatic rings. The SMILES string of the molecule is O=P(O)(C1CCCCC1)[C@@H](CCNCC(O)COc1ccc(O)c(CO)c1)Oc1ccccc1. The normalized spacial score (nSPS) is 18.1. The molecule has 0 amide bonds. The van der Waals surface area contributed by atoms with Gasteiger partial charge in [-0.1, -0.05) is 37.5 Å². The average Bonchev–Trinajstić information content (AvgIpc) is 2.86. The lowest BCUT2D eigenvalue weighted by molar-refractivity contribution is 0.105. The molecule has 0 bridgehead atoms. The summed E-state index contributed by atoms with van der Waals surface area (Å²) < 4.78 is 25.0. The van der Waals surface area contributed by atoms with Crippen molar-refractivity contribution in [2.45, 2.75) is 62.7 Å². The first kappa shape index (κ1) is 26.5. The number of para-hydroxylation sites is 1. The molecule has 3 atom stereocenters. The highest BCUT2D eigenvalue weighted by atomic mass is 31.2. The Bertz CT molecular complexity index is 921. The van der Waals surface area contributed by atoms with Crippen molar-refractivity contribution in [2.75, 3.05) is 19.7 Å². The van der Waals surface area contributed by atoms with E-state index in [1.54, 1.807) is 18.2 Å². The maximum atomic E-state index is 13.4. The van der Waals surface area contributed by atoms with E-state index in [4.69, 9.17) is 9.47 Å². The molecule has 2 aromatic rings. The number of phenols is 1. The molecule has 8 nitrogen and oxygen atoms in total. The summed E-state index contributed by atoms with van der Waals surface area (Å²) in [4.78, 5) is 11.0. The highest BCUT2D eigenvalue weighted by Crippen LogP contribution is 2.57. The smallest absolute Gasteiger partial charge is 0.242 e. The van der Waals surface area contributed by atoms with Gasteiger partial charge in [0.1, 0.15) is 30.0 Å². The van der Waals surface area contributed by atoms with Gasteiger partial charge in [-0.3, -0.25) is 4.57 Å². The zero-order valence-electron chi connectivity index (χ0n) is 19.4. The first-order chi connectivity index (χ1) is 16.4. The van der Waals surface area contributed by atoms with E-state index in [2.05, 4.69) is 5.32 Å². The van der Waals surface area contributed by atoms with Gasteiger partial charge in [0.25, 0.3) is 0 Å². The molecule has 5 N–H and O–H groups in total. The molecule has 0 spiro atoms. The molecule has 1 saturated carbocycles. The highest BCUT2D eigenvalue weighted by Gasteiger charge is 2.40. The predicted octanol–water partition coefficient (Wildman–Crippen LogP) is 3.61. The van der Waals surface area contributed by atoms with Gasteiger partial charge >= 0.3 is 0 Å². The minimum Gasteiger partial charge on any atom is -0.508 e. The lowest BCUT2D eigenvalue weighted by atomic mass is 10.0. The zero-order valence-corrected chi connectivity index (χ0v) is 20.3. The number of hydrogen-bond donors (Lipinski definition) is 5. The lowest BCUT2D eigenvalue weighted by Crippen LogP contribution is -2.34. The average molecular weight is 494 g/mol. The number of nitrogens with one attached hydrogen (secondary N) is 1. The van der Waals surface area contributed by atoms with Gasteiger partial charge in [-0.05, 0) is 49.7 Å². The Labute approximate surface area is 201 Å². The second kappa shape index (κ2) is 13.1. The zero-order chi connectivity index (χ0) is 24.4. The van der Waals surface area contributed by atoms with Gasteiger partial charge in [0, 0.05) is 24.2 Å². The fourth-order valence-electron chi connectivity index (χ4n) is 4.19. The summed E-state index contributed by atoms with van der Waals surface area (Å²) in [6.45, 7) is 0.351. The monoisotopic (exact) mass is 493 g/mol. The van der Waals surface area contributed by atoms with Crippen molar-refractivity contribution in [2.24, 2.45) is 0 Å². The highest BCUT2D eigenvalue weighted by molar-refractivity contribution is 7.59. The van der Waals surface area contributed by atoms with Crippen LogP contribution in [0.15, 0.2) is 48.5 Å². The first-order valence-electron chi connectivity index (χ1n) is 11.9. The first-order valence-corrected chi connectivity index (χ1v) is 13.7. The van der Waals surface area contributed by atoms with Crippen molar-refractivity contribution in [3.05, 3.63) is 54.1 Å². The van der Waals surface area contributed by atoms with Gasteiger partial charge in [-0.25, -0.2) is 0 Å². The second-order valence-electron chi connectivity index (χ2n) is 8.76. The van der Waals surface area contributed by atoms with E-state index in [1.165, 1.54) is 12.1 Å². The van der Waals surface area contributed by atoms with Crippen LogP contribution in [0.1, 0.15) is 44.1 Å². The summed E-state index contributed by atoms with van der Waals surface area (Å²) in [6.07, 6.45) is 4.08. The number of rotatable bonds is 13. The molecule has 34 heavy (non-hydrogen) atoms. The fraction of sp³-hybridized carbons (Fsp3) is 0.520. The molecular weight excluding hydrogens is 457 g/mol. The summed E-state index contributed by atoms with van der Waals surface area (Å²) in [5.74, 6) is 0.180. The van der Waals surface area contributed by atoms with Crippen LogP contribution >= 0.6 is 7.37 Å². The van der Waals surface area contributed by atoms with E-state index in [-0.39, 0.29) is 31.2 Å². The number of benzene rings is 2. The van der Waals surface area contributed by atoms with Crippen LogP contribution < -0.4 is 14.8 Å². The van der Waals surface area contributed by atoms with Gasteiger partial charge < -0.3 is 35.0 Å². The Balaban J connectivity index is 1.49. The third-order valence-electron chi connectivity index (χ3n) is 6.14. The van der Waals surface area contributed by atoms with E-state index in [1.807, 2.05) is 18.2 Å². The summed E-state index contributed by atoms with van der Waals surface area (Å²) >= 11 is 0. The molecular formula is C25H36NO7P. The molecule has 0 saturated heterocycles. The lowest BCUT2D eigenvalue weighted by Gasteiger charge is -2.32. The van der Waals surface area contributed by atoms with Crippen molar-refractivity contribution >= 4 is 7.37 Å². The molecule has 9 heteroatoms. The molecule has 2 unspecified atom stereocenters. The van der Waals surface area contributed by atoms with E-state index in [9.17, 15) is 24.8 Å². The fourth-order valence-corrected chi connectivity index (χ4v) is 6.53. The largest absolute Gasteiger partial charge is 0.508 e. The molecule has 3 rings (SSSR count). The summed E-state index contributed by atoms with van der Waals surface area (Å²) in [5, 5.41) is 32.2. The van der Waals surface area contributed by atoms with Crippen LogP contribution in [0.3, 0.4) is 0 Å². The maximum absolute atomic E-state index is 13.4. The molecule has 188 valence electrons. The van der Waals surface area contributed by atoms with Crippen LogP contribution in [-0.2, 0) is 11.2 Å². The van der Waals surface area contributed by atoms with Gasteiger partial charge in [0.05, 0.1) is 6.61 Å². The second-order valence-corrected chi connectivity index (χ2v) is 11.4. The van der Waals surface area contributed by atoms with Gasteiger partial charge in [-0.2, -0.15) is 0 Å². The number of aliphatic hydroxyl groups excluding tert-OH is 2. The Kier molecular flexibility index (Phi) is 10.2. The minimum absolute atomic E-state index is 0.0151. The Morgan fingerprint density at radius 3 is 2.50 bits per heavy atom. The Hall–Kier alpha value is -2.09. The molecule has 2 aromatic carbocycles. The summed E-state index contributed by atoms with van der Waals surface area (Å²) in [6, 6.07) is 13.6. The molecule has 1 fully saturated rings. The quantitative estimate of drug-likeness (QED) is 0.211. The van der Waals surface area contributed by atoms with Crippen LogP contribution in [0.2, 0.25) is 0 Å². The Morgan fingerprint density at radius 1 is 1.06 bits per heavy atom.